The van der Waals surface area contributed by atoms with Gasteiger partial charge in [0.05, 0.1) is 12.6 Å². The summed E-state index contributed by atoms with van der Waals surface area (Å²) in [6.45, 7) is 4.63. The Bertz CT molecular complexity index is 397. The van der Waals surface area contributed by atoms with E-state index in [-0.39, 0.29) is 18.3 Å². The van der Waals surface area contributed by atoms with Crippen LogP contribution in [-0.4, -0.2) is 19.1 Å². The van der Waals surface area contributed by atoms with Crippen LogP contribution >= 0.6 is 12.4 Å². The summed E-state index contributed by atoms with van der Waals surface area (Å²) in [5.74, 6) is 0.267. The molecule has 0 radical (unpaired) electrons. The van der Waals surface area contributed by atoms with Gasteiger partial charge in [0.15, 0.2) is 0 Å². The predicted octanol–water partition coefficient (Wildman–Crippen LogP) is 2.57. The minimum absolute atomic E-state index is 0. The molecule has 0 bridgehead atoms. The van der Waals surface area contributed by atoms with Gasteiger partial charge in [0.25, 0.3) is 0 Å². The summed E-state index contributed by atoms with van der Waals surface area (Å²) in [7, 11) is 1.64. The van der Waals surface area contributed by atoms with Crippen molar-refractivity contribution in [3.05, 3.63) is 29.8 Å². The number of hydrogen-bond donors (Lipinski definition) is 2. The molecule has 0 spiro atoms. The van der Waals surface area contributed by atoms with E-state index in [0.29, 0.717) is 18.9 Å². The first-order valence-electron chi connectivity index (χ1n) is 6.17. The molecule has 0 aliphatic carbocycles. The first-order chi connectivity index (χ1) is 8.52. The van der Waals surface area contributed by atoms with Crippen molar-refractivity contribution in [2.75, 3.05) is 12.4 Å². The molecule has 19 heavy (non-hydrogen) atoms. The third kappa shape index (κ3) is 6.57. The van der Waals surface area contributed by atoms with E-state index in [1.54, 1.807) is 7.11 Å². The molecule has 0 heterocycles. The number of hydrogen-bond acceptors (Lipinski definition) is 3. The summed E-state index contributed by atoms with van der Waals surface area (Å²) in [5.41, 5.74) is 7.61. The highest BCUT2D eigenvalue weighted by atomic mass is 35.5. The van der Waals surface area contributed by atoms with E-state index in [4.69, 9.17) is 10.5 Å². The monoisotopic (exact) mass is 286 g/mol. The van der Waals surface area contributed by atoms with Gasteiger partial charge in [-0.15, -0.1) is 12.4 Å². The summed E-state index contributed by atoms with van der Waals surface area (Å²) in [6.07, 6.45) is 0.684. The lowest BCUT2D eigenvalue weighted by molar-refractivity contribution is -0.117. The van der Waals surface area contributed by atoms with Crippen molar-refractivity contribution in [3.63, 3.8) is 0 Å². The lowest BCUT2D eigenvalue weighted by Gasteiger charge is -2.14. The van der Waals surface area contributed by atoms with E-state index in [0.717, 1.165) is 11.3 Å². The highest BCUT2D eigenvalue weighted by Crippen LogP contribution is 2.12. The molecule has 1 atom stereocenters. The largest absolute Gasteiger partial charge is 0.380 e. The topological polar surface area (TPSA) is 64.3 Å². The van der Waals surface area contributed by atoms with Gasteiger partial charge in [0, 0.05) is 12.8 Å². The maximum atomic E-state index is 11.8. The number of ether oxygens (including phenoxy) is 1. The van der Waals surface area contributed by atoms with Gasteiger partial charge in [0.2, 0.25) is 5.91 Å². The van der Waals surface area contributed by atoms with Crippen LogP contribution in [0.3, 0.4) is 0 Å². The lowest BCUT2D eigenvalue weighted by atomic mass is 10.0. The van der Waals surface area contributed by atoms with Crippen LogP contribution in [-0.2, 0) is 16.1 Å². The van der Waals surface area contributed by atoms with Gasteiger partial charge in [-0.1, -0.05) is 26.0 Å². The van der Waals surface area contributed by atoms with Crippen molar-refractivity contribution in [2.45, 2.75) is 32.9 Å². The fraction of sp³-hybridized carbons (Fsp3) is 0.500. The van der Waals surface area contributed by atoms with Crippen molar-refractivity contribution in [3.8, 4) is 0 Å². The molecule has 5 heteroatoms. The summed E-state index contributed by atoms with van der Waals surface area (Å²) in [5, 5.41) is 2.83. The molecule has 0 aliphatic heterocycles. The van der Waals surface area contributed by atoms with Gasteiger partial charge in [-0.3, -0.25) is 4.79 Å². The number of nitrogens with two attached hydrogens (primary N) is 1. The van der Waals surface area contributed by atoms with Crippen molar-refractivity contribution in [2.24, 2.45) is 11.7 Å². The summed E-state index contributed by atoms with van der Waals surface area (Å²) < 4.78 is 5.05. The quantitative estimate of drug-likeness (QED) is 0.845. The SMILES string of the molecule is COCc1cccc(NC(=O)[C@@H](N)CC(C)C)c1.Cl. The van der Waals surface area contributed by atoms with Crippen LogP contribution in [0.5, 0.6) is 0 Å². The average molecular weight is 287 g/mol. The maximum Gasteiger partial charge on any atom is 0.241 e. The van der Waals surface area contributed by atoms with Gasteiger partial charge in [0.1, 0.15) is 0 Å². The fourth-order valence-electron chi connectivity index (χ4n) is 1.76. The highest BCUT2D eigenvalue weighted by molar-refractivity contribution is 5.94. The minimum Gasteiger partial charge on any atom is -0.380 e. The predicted molar refractivity (Wildman–Crippen MR) is 80.5 cm³/mol. The normalized spacial score (nSPS) is 11.8. The third-order valence-electron chi connectivity index (χ3n) is 2.57. The van der Waals surface area contributed by atoms with Crippen molar-refractivity contribution < 1.29 is 9.53 Å². The van der Waals surface area contributed by atoms with Gasteiger partial charge >= 0.3 is 0 Å². The van der Waals surface area contributed by atoms with Crippen LogP contribution in [0.25, 0.3) is 0 Å². The van der Waals surface area contributed by atoms with Crippen LogP contribution in [0.15, 0.2) is 24.3 Å². The number of halogens is 1. The van der Waals surface area contributed by atoms with Crippen LogP contribution in [0.2, 0.25) is 0 Å². The van der Waals surface area contributed by atoms with E-state index in [2.05, 4.69) is 5.32 Å². The molecule has 4 nitrogen and oxygen atoms in total. The van der Waals surface area contributed by atoms with Crippen LogP contribution in [0.4, 0.5) is 5.69 Å². The van der Waals surface area contributed by atoms with E-state index >= 15 is 0 Å². The zero-order valence-electron chi connectivity index (χ0n) is 11.7. The first kappa shape index (κ1) is 17.9. The molecule has 0 fully saturated rings. The van der Waals surface area contributed by atoms with E-state index in [1.165, 1.54) is 0 Å². The second kappa shape index (κ2) is 8.91. The van der Waals surface area contributed by atoms with Crippen molar-refractivity contribution >= 4 is 24.0 Å². The van der Waals surface area contributed by atoms with E-state index in [9.17, 15) is 4.79 Å². The zero-order valence-corrected chi connectivity index (χ0v) is 12.5. The maximum absolute atomic E-state index is 11.8. The Morgan fingerprint density at radius 1 is 1.42 bits per heavy atom. The molecule has 0 aromatic heterocycles. The molecule has 0 saturated heterocycles. The first-order valence-corrected chi connectivity index (χ1v) is 6.17. The number of anilines is 1. The Hall–Kier alpha value is -1.10. The van der Waals surface area contributed by atoms with Crippen molar-refractivity contribution in [1.29, 1.82) is 0 Å². The molecule has 0 aliphatic rings. The molecule has 1 rings (SSSR count). The number of benzene rings is 1. The molecule has 1 amide bonds. The second-order valence-corrected chi connectivity index (χ2v) is 4.86. The van der Waals surface area contributed by atoms with Gasteiger partial charge in [-0.25, -0.2) is 0 Å². The Morgan fingerprint density at radius 3 is 2.68 bits per heavy atom. The Labute approximate surface area is 121 Å². The molecule has 0 unspecified atom stereocenters. The fourth-order valence-corrected chi connectivity index (χ4v) is 1.76. The molecule has 3 N–H and O–H groups in total. The number of amides is 1. The summed E-state index contributed by atoms with van der Waals surface area (Å²) in [6, 6.07) is 7.12. The molecule has 1 aromatic carbocycles. The Kier molecular flexibility index (Phi) is 8.39. The van der Waals surface area contributed by atoms with Crippen LogP contribution in [0, 0.1) is 5.92 Å². The van der Waals surface area contributed by atoms with Gasteiger partial charge in [-0.05, 0) is 30.0 Å². The van der Waals surface area contributed by atoms with Crippen LogP contribution < -0.4 is 11.1 Å². The number of rotatable bonds is 6. The van der Waals surface area contributed by atoms with Gasteiger partial charge in [-0.2, -0.15) is 0 Å². The Balaban J connectivity index is 0.00000324. The summed E-state index contributed by atoms with van der Waals surface area (Å²) >= 11 is 0. The van der Waals surface area contributed by atoms with E-state index < -0.39 is 6.04 Å². The lowest BCUT2D eigenvalue weighted by Crippen LogP contribution is -2.36. The molecule has 1 aromatic rings. The molecule has 0 saturated carbocycles. The third-order valence-corrected chi connectivity index (χ3v) is 2.57. The summed E-state index contributed by atoms with van der Waals surface area (Å²) in [4.78, 5) is 11.8. The van der Waals surface area contributed by atoms with E-state index in [1.807, 2.05) is 38.1 Å². The minimum atomic E-state index is -0.462. The number of carbonyl (C=O) groups is 1. The number of carbonyl (C=O) groups excluding carboxylic acids is 1. The molecule has 108 valence electrons. The second-order valence-electron chi connectivity index (χ2n) is 4.86. The smallest absolute Gasteiger partial charge is 0.241 e. The Morgan fingerprint density at radius 2 is 2.11 bits per heavy atom. The number of methoxy groups -OCH3 is 1. The standard InChI is InChI=1S/C14H22N2O2.ClH/c1-10(2)7-13(15)14(17)16-12-6-4-5-11(8-12)9-18-3;/h4-6,8,10,13H,7,9,15H2,1-3H3,(H,16,17);1H/t13-;/m0./s1. The highest BCUT2D eigenvalue weighted by Gasteiger charge is 2.14. The van der Waals surface area contributed by atoms with Gasteiger partial charge < -0.3 is 15.8 Å². The van der Waals surface area contributed by atoms with Crippen molar-refractivity contribution in [1.82, 2.24) is 0 Å². The zero-order chi connectivity index (χ0) is 13.5. The molecular weight excluding hydrogens is 264 g/mol. The average Bonchev–Trinajstić information content (AvgIpc) is 2.29. The number of nitrogens with one attached hydrogen (secondary N) is 1. The molecular formula is C14H23ClN2O2. The van der Waals surface area contributed by atoms with Crippen LogP contribution in [0.1, 0.15) is 25.8 Å².